The van der Waals surface area contributed by atoms with Crippen molar-refractivity contribution in [2.75, 3.05) is 6.61 Å². The number of rotatable bonds is 4. The molecule has 116 valence electrons. The second-order valence-electron chi connectivity index (χ2n) is 5.56. The SMILES string of the molecule is O=Cc1ccc2c(c1)O/C(=N/OCc1ccc3c(c1)OCC3)C2. The van der Waals surface area contributed by atoms with E-state index in [1.807, 2.05) is 18.2 Å². The molecule has 0 unspecified atom stereocenters. The molecule has 0 aliphatic carbocycles. The second kappa shape index (κ2) is 5.76. The zero-order valence-corrected chi connectivity index (χ0v) is 12.5. The minimum atomic E-state index is 0.361. The molecule has 2 aliphatic rings. The van der Waals surface area contributed by atoms with Crippen LogP contribution in [0.5, 0.6) is 11.5 Å². The molecule has 2 aliphatic heterocycles. The maximum atomic E-state index is 10.8. The van der Waals surface area contributed by atoms with Crippen LogP contribution < -0.4 is 9.47 Å². The number of aldehydes is 1. The fourth-order valence-corrected chi connectivity index (χ4v) is 2.74. The summed E-state index contributed by atoms with van der Waals surface area (Å²) in [7, 11) is 0. The number of fused-ring (bicyclic) bond motifs is 2. The Hall–Kier alpha value is -2.82. The van der Waals surface area contributed by atoms with Gasteiger partial charge in [0.2, 0.25) is 5.90 Å². The fraction of sp³-hybridized carbons (Fsp3) is 0.222. The molecule has 0 aromatic heterocycles. The average Bonchev–Trinajstić information content (AvgIpc) is 3.19. The summed E-state index contributed by atoms with van der Waals surface area (Å²) in [6.07, 6.45) is 2.33. The highest BCUT2D eigenvalue weighted by Gasteiger charge is 2.19. The van der Waals surface area contributed by atoms with Gasteiger partial charge in [-0.1, -0.05) is 29.4 Å². The Labute approximate surface area is 133 Å². The minimum Gasteiger partial charge on any atom is -0.493 e. The highest BCUT2D eigenvalue weighted by molar-refractivity contribution is 5.87. The molecule has 0 spiro atoms. The van der Waals surface area contributed by atoms with Gasteiger partial charge in [0.05, 0.1) is 13.0 Å². The summed E-state index contributed by atoms with van der Waals surface area (Å²) in [6.45, 7) is 1.11. The Morgan fingerprint density at radius 1 is 1.13 bits per heavy atom. The van der Waals surface area contributed by atoms with Crippen LogP contribution in [0.25, 0.3) is 0 Å². The van der Waals surface area contributed by atoms with E-state index in [-0.39, 0.29) is 0 Å². The first-order valence-corrected chi connectivity index (χ1v) is 7.51. The van der Waals surface area contributed by atoms with Crippen molar-refractivity contribution in [3.8, 4) is 11.5 Å². The molecule has 2 heterocycles. The van der Waals surface area contributed by atoms with Crippen LogP contribution >= 0.6 is 0 Å². The number of benzene rings is 2. The average molecular weight is 309 g/mol. The zero-order chi connectivity index (χ0) is 15.6. The number of hydrogen-bond acceptors (Lipinski definition) is 5. The van der Waals surface area contributed by atoms with Crippen LogP contribution in [0.3, 0.4) is 0 Å². The monoisotopic (exact) mass is 309 g/mol. The van der Waals surface area contributed by atoms with Gasteiger partial charge in [-0.3, -0.25) is 4.79 Å². The summed E-state index contributed by atoms with van der Waals surface area (Å²) >= 11 is 0. The van der Waals surface area contributed by atoms with E-state index in [4.69, 9.17) is 14.3 Å². The summed E-state index contributed by atoms with van der Waals surface area (Å²) in [4.78, 5) is 16.2. The smallest absolute Gasteiger partial charge is 0.235 e. The minimum absolute atomic E-state index is 0.361. The molecule has 0 saturated heterocycles. The summed E-state index contributed by atoms with van der Waals surface area (Å²) in [5.74, 6) is 2.10. The van der Waals surface area contributed by atoms with Gasteiger partial charge in [-0.15, -0.1) is 0 Å². The topological polar surface area (TPSA) is 57.1 Å². The molecule has 23 heavy (non-hydrogen) atoms. The van der Waals surface area contributed by atoms with Crippen molar-refractivity contribution in [3.05, 3.63) is 58.7 Å². The van der Waals surface area contributed by atoms with Gasteiger partial charge in [-0.25, -0.2) is 0 Å². The zero-order valence-electron chi connectivity index (χ0n) is 12.5. The lowest BCUT2D eigenvalue weighted by molar-refractivity contribution is 0.112. The van der Waals surface area contributed by atoms with Gasteiger partial charge >= 0.3 is 0 Å². The number of carbonyl (C=O) groups is 1. The van der Waals surface area contributed by atoms with Crippen LogP contribution in [-0.2, 0) is 24.3 Å². The normalized spacial score (nSPS) is 16.4. The maximum Gasteiger partial charge on any atom is 0.235 e. The van der Waals surface area contributed by atoms with Gasteiger partial charge in [-0.2, -0.15) is 0 Å². The molecule has 5 nitrogen and oxygen atoms in total. The van der Waals surface area contributed by atoms with E-state index in [1.54, 1.807) is 12.1 Å². The summed E-state index contributed by atoms with van der Waals surface area (Å²) in [6, 6.07) is 11.4. The molecule has 5 heteroatoms. The predicted molar refractivity (Wildman–Crippen MR) is 84.0 cm³/mol. The Morgan fingerprint density at radius 2 is 2.04 bits per heavy atom. The third kappa shape index (κ3) is 2.77. The molecule has 0 atom stereocenters. The Kier molecular flexibility index (Phi) is 3.46. The Morgan fingerprint density at radius 3 is 2.96 bits per heavy atom. The molecule has 2 aromatic carbocycles. The number of ether oxygens (including phenoxy) is 2. The molecule has 0 N–H and O–H groups in total. The molecule has 0 radical (unpaired) electrons. The highest BCUT2D eigenvalue weighted by Crippen LogP contribution is 2.28. The molecule has 4 rings (SSSR count). The van der Waals surface area contributed by atoms with Crippen molar-refractivity contribution < 1.29 is 19.1 Å². The maximum absolute atomic E-state index is 10.8. The van der Waals surface area contributed by atoms with E-state index in [9.17, 15) is 4.79 Å². The standard InChI is InChI=1S/C18H15NO4/c20-10-12-1-4-15-9-18(23-17(15)7-12)19-22-11-13-2-3-14-5-6-21-16(14)8-13/h1-4,7-8,10H,5-6,9,11H2/b19-18+. The van der Waals surface area contributed by atoms with Crippen molar-refractivity contribution in [1.29, 1.82) is 0 Å². The second-order valence-corrected chi connectivity index (χ2v) is 5.56. The Balaban J connectivity index is 1.39. The van der Waals surface area contributed by atoms with Crippen LogP contribution in [0, 0.1) is 0 Å². The summed E-state index contributed by atoms with van der Waals surface area (Å²) < 4.78 is 11.1. The number of nitrogens with zero attached hydrogens (tertiary/aromatic N) is 1. The lowest BCUT2D eigenvalue weighted by Gasteiger charge is -2.04. The van der Waals surface area contributed by atoms with Crippen molar-refractivity contribution in [2.45, 2.75) is 19.4 Å². The van der Waals surface area contributed by atoms with Crippen molar-refractivity contribution in [2.24, 2.45) is 5.16 Å². The molecule has 0 saturated carbocycles. The highest BCUT2D eigenvalue weighted by atomic mass is 16.6. The first-order valence-electron chi connectivity index (χ1n) is 7.51. The molecule has 0 bridgehead atoms. The number of oxime groups is 1. The largest absolute Gasteiger partial charge is 0.493 e. The summed E-state index contributed by atoms with van der Waals surface area (Å²) in [5, 5.41) is 4.05. The van der Waals surface area contributed by atoms with Crippen LogP contribution in [0.1, 0.15) is 27.0 Å². The quantitative estimate of drug-likeness (QED) is 0.643. The van der Waals surface area contributed by atoms with Gasteiger partial charge < -0.3 is 14.3 Å². The van der Waals surface area contributed by atoms with Crippen molar-refractivity contribution in [3.63, 3.8) is 0 Å². The first-order chi connectivity index (χ1) is 11.3. The third-order valence-corrected chi connectivity index (χ3v) is 3.95. The predicted octanol–water partition coefficient (Wildman–Crippen LogP) is 2.90. The lowest BCUT2D eigenvalue weighted by Crippen LogP contribution is -2.04. The number of carbonyl (C=O) groups excluding carboxylic acids is 1. The van der Waals surface area contributed by atoms with Crippen LogP contribution in [0.15, 0.2) is 41.6 Å². The van der Waals surface area contributed by atoms with Crippen LogP contribution in [0.4, 0.5) is 0 Å². The van der Waals surface area contributed by atoms with E-state index in [2.05, 4.69) is 11.2 Å². The van der Waals surface area contributed by atoms with Gasteiger partial charge in [0.25, 0.3) is 0 Å². The van der Waals surface area contributed by atoms with E-state index in [0.29, 0.717) is 30.2 Å². The van der Waals surface area contributed by atoms with E-state index >= 15 is 0 Å². The van der Waals surface area contributed by atoms with Gasteiger partial charge in [0, 0.05) is 17.5 Å². The molecule has 0 fully saturated rings. The van der Waals surface area contributed by atoms with Gasteiger partial charge in [0.15, 0.2) is 0 Å². The van der Waals surface area contributed by atoms with Crippen LogP contribution in [-0.4, -0.2) is 18.8 Å². The molecule has 2 aromatic rings. The number of hydrogen-bond donors (Lipinski definition) is 0. The van der Waals surface area contributed by atoms with Crippen molar-refractivity contribution >= 4 is 12.2 Å². The van der Waals surface area contributed by atoms with E-state index in [0.717, 1.165) is 36.2 Å². The Bertz CT molecular complexity index is 798. The molecular weight excluding hydrogens is 294 g/mol. The lowest BCUT2D eigenvalue weighted by atomic mass is 10.1. The fourth-order valence-electron chi connectivity index (χ4n) is 2.74. The third-order valence-electron chi connectivity index (χ3n) is 3.95. The van der Waals surface area contributed by atoms with E-state index < -0.39 is 0 Å². The van der Waals surface area contributed by atoms with Crippen molar-refractivity contribution in [1.82, 2.24) is 0 Å². The van der Waals surface area contributed by atoms with Gasteiger partial charge in [0.1, 0.15) is 24.4 Å². The van der Waals surface area contributed by atoms with Gasteiger partial charge in [-0.05, 0) is 23.3 Å². The molecular formula is C18H15NO4. The summed E-state index contributed by atoms with van der Waals surface area (Å²) in [5.41, 5.74) is 3.84. The molecule has 0 amide bonds. The van der Waals surface area contributed by atoms with Crippen LogP contribution in [0.2, 0.25) is 0 Å². The van der Waals surface area contributed by atoms with E-state index in [1.165, 1.54) is 5.56 Å². The first kappa shape index (κ1) is 13.8.